The van der Waals surface area contributed by atoms with E-state index in [0.29, 0.717) is 31.7 Å². The standard InChI is InChI=1S/C17H25F4N3O.HI/c1-4-22-16(23-8-5-9-25-12(2)3)24-11-13-6-7-14(18)10-15(13)17(19,20)21;/h6-7,10,12H,4-5,8-9,11H2,1-3H3,(H2,22,23,24);1H. The van der Waals surface area contributed by atoms with Crippen molar-refractivity contribution in [3.63, 3.8) is 0 Å². The number of nitrogens with one attached hydrogen (secondary N) is 2. The Bertz CT molecular complexity index is 565. The highest BCUT2D eigenvalue weighted by atomic mass is 127. The van der Waals surface area contributed by atoms with Gasteiger partial charge in [0.2, 0.25) is 0 Å². The van der Waals surface area contributed by atoms with Gasteiger partial charge in [-0.05, 0) is 44.9 Å². The van der Waals surface area contributed by atoms with Crippen molar-refractivity contribution in [3.8, 4) is 0 Å². The Morgan fingerprint density at radius 1 is 1.23 bits per heavy atom. The van der Waals surface area contributed by atoms with Gasteiger partial charge in [-0.25, -0.2) is 9.38 Å². The molecule has 0 bridgehead atoms. The van der Waals surface area contributed by atoms with Crippen LogP contribution in [0.3, 0.4) is 0 Å². The maximum absolute atomic E-state index is 13.1. The molecule has 0 aliphatic rings. The highest BCUT2D eigenvalue weighted by Gasteiger charge is 2.33. The Morgan fingerprint density at radius 2 is 1.92 bits per heavy atom. The van der Waals surface area contributed by atoms with Crippen LogP contribution in [0.4, 0.5) is 17.6 Å². The number of ether oxygens (including phenoxy) is 1. The Kier molecular flexibility index (Phi) is 11.8. The average Bonchev–Trinajstić information content (AvgIpc) is 2.51. The number of hydrogen-bond donors (Lipinski definition) is 2. The second-order valence-corrected chi connectivity index (χ2v) is 5.69. The van der Waals surface area contributed by atoms with E-state index in [1.54, 1.807) is 0 Å². The molecule has 1 aromatic carbocycles. The van der Waals surface area contributed by atoms with Gasteiger partial charge in [0.05, 0.1) is 18.2 Å². The van der Waals surface area contributed by atoms with Gasteiger partial charge in [-0.3, -0.25) is 0 Å². The monoisotopic (exact) mass is 491 g/mol. The fourth-order valence-corrected chi connectivity index (χ4v) is 2.05. The van der Waals surface area contributed by atoms with Crippen molar-refractivity contribution in [1.29, 1.82) is 0 Å². The largest absolute Gasteiger partial charge is 0.416 e. The van der Waals surface area contributed by atoms with Gasteiger partial charge < -0.3 is 15.4 Å². The van der Waals surface area contributed by atoms with Crippen LogP contribution < -0.4 is 10.6 Å². The summed E-state index contributed by atoms with van der Waals surface area (Å²) in [4.78, 5) is 4.15. The van der Waals surface area contributed by atoms with Gasteiger partial charge in [0.25, 0.3) is 0 Å². The van der Waals surface area contributed by atoms with E-state index >= 15 is 0 Å². The van der Waals surface area contributed by atoms with Crippen molar-refractivity contribution in [2.75, 3.05) is 19.7 Å². The van der Waals surface area contributed by atoms with E-state index < -0.39 is 17.6 Å². The molecule has 0 aliphatic carbocycles. The topological polar surface area (TPSA) is 45.7 Å². The Balaban J connectivity index is 0.00000625. The van der Waals surface area contributed by atoms with E-state index in [2.05, 4.69) is 15.6 Å². The number of halogens is 5. The molecule has 0 saturated heterocycles. The van der Waals surface area contributed by atoms with Crippen molar-refractivity contribution < 1.29 is 22.3 Å². The zero-order valence-corrected chi connectivity index (χ0v) is 17.5. The molecule has 0 heterocycles. The van der Waals surface area contributed by atoms with Crippen LogP contribution in [0.5, 0.6) is 0 Å². The van der Waals surface area contributed by atoms with E-state index in [0.717, 1.165) is 18.6 Å². The summed E-state index contributed by atoms with van der Waals surface area (Å²) in [6, 6.07) is 2.61. The summed E-state index contributed by atoms with van der Waals surface area (Å²) in [5, 5.41) is 6.00. The number of alkyl halides is 3. The second kappa shape index (κ2) is 12.3. The molecular formula is C17H26F4IN3O. The van der Waals surface area contributed by atoms with Crippen molar-refractivity contribution >= 4 is 29.9 Å². The van der Waals surface area contributed by atoms with Crippen LogP contribution in [0.2, 0.25) is 0 Å². The fraction of sp³-hybridized carbons (Fsp3) is 0.588. The van der Waals surface area contributed by atoms with Crippen molar-refractivity contribution in [1.82, 2.24) is 10.6 Å². The summed E-state index contributed by atoms with van der Waals surface area (Å²) in [5.41, 5.74) is -1.08. The molecule has 1 rings (SSSR count). The second-order valence-electron chi connectivity index (χ2n) is 5.69. The lowest BCUT2D eigenvalue weighted by molar-refractivity contribution is -0.138. The van der Waals surface area contributed by atoms with Crippen LogP contribution in [-0.4, -0.2) is 31.8 Å². The first-order chi connectivity index (χ1) is 11.7. The molecular weight excluding hydrogens is 465 g/mol. The van der Waals surface area contributed by atoms with Gasteiger partial charge >= 0.3 is 6.18 Å². The van der Waals surface area contributed by atoms with Crippen LogP contribution in [-0.2, 0) is 17.5 Å². The number of aliphatic imine (C=N–C) groups is 1. The van der Waals surface area contributed by atoms with Crippen LogP contribution in [0, 0.1) is 5.82 Å². The summed E-state index contributed by atoms with van der Waals surface area (Å²) in [6.07, 6.45) is -3.72. The van der Waals surface area contributed by atoms with Gasteiger partial charge in [-0.2, -0.15) is 13.2 Å². The van der Waals surface area contributed by atoms with Gasteiger partial charge in [0, 0.05) is 19.7 Å². The Labute approximate surface area is 168 Å². The Morgan fingerprint density at radius 3 is 2.50 bits per heavy atom. The molecule has 0 atom stereocenters. The van der Waals surface area contributed by atoms with Gasteiger partial charge in [0.1, 0.15) is 5.82 Å². The zero-order valence-electron chi connectivity index (χ0n) is 15.1. The molecule has 0 radical (unpaired) electrons. The first-order valence-corrected chi connectivity index (χ1v) is 8.23. The number of guanidine groups is 1. The number of rotatable bonds is 8. The van der Waals surface area contributed by atoms with Gasteiger partial charge in [-0.15, -0.1) is 24.0 Å². The minimum absolute atomic E-state index is 0. The summed E-state index contributed by atoms with van der Waals surface area (Å²) < 4.78 is 57.5. The third-order valence-corrected chi connectivity index (χ3v) is 3.19. The molecule has 0 aromatic heterocycles. The third kappa shape index (κ3) is 9.56. The van der Waals surface area contributed by atoms with Crippen LogP contribution in [0.25, 0.3) is 0 Å². The fourth-order valence-electron chi connectivity index (χ4n) is 2.05. The van der Waals surface area contributed by atoms with E-state index in [9.17, 15) is 17.6 Å². The lowest BCUT2D eigenvalue weighted by atomic mass is 10.1. The lowest BCUT2D eigenvalue weighted by Crippen LogP contribution is -2.38. The third-order valence-electron chi connectivity index (χ3n) is 3.19. The van der Waals surface area contributed by atoms with Crippen molar-refractivity contribution in [3.05, 3.63) is 35.1 Å². The molecule has 2 N–H and O–H groups in total. The summed E-state index contributed by atoms with van der Waals surface area (Å²) >= 11 is 0. The summed E-state index contributed by atoms with van der Waals surface area (Å²) in [7, 11) is 0. The molecule has 0 spiro atoms. The van der Waals surface area contributed by atoms with Crippen LogP contribution in [0.15, 0.2) is 23.2 Å². The normalized spacial score (nSPS) is 12.1. The summed E-state index contributed by atoms with van der Waals surface area (Å²) in [6.45, 7) is 7.28. The van der Waals surface area contributed by atoms with E-state index in [-0.39, 0.29) is 42.2 Å². The molecule has 0 aliphatic heterocycles. The SMILES string of the molecule is CCNC(=NCc1ccc(F)cc1C(F)(F)F)NCCCOC(C)C.I. The molecule has 4 nitrogen and oxygen atoms in total. The first-order valence-electron chi connectivity index (χ1n) is 8.23. The van der Waals surface area contributed by atoms with Gasteiger partial charge in [-0.1, -0.05) is 6.07 Å². The van der Waals surface area contributed by atoms with E-state index in [4.69, 9.17) is 4.74 Å². The quantitative estimate of drug-likeness (QED) is 0.187. The first kappa shape index (κ1) is 24.9. The highest BCUT2D eigenvalue weighted by Crippen LogP contribution is 2.32. The minimum Gasteiger partial charge on any atom is -0.379 e. The maximum atomic E-state index is 13.1. The minimum atomic E-state index is -4.62. The van der Waals surface area contributed by atoms with Crippen molar-refractivity contribution in [2.24, 2.45) is 4.99 Å². The summed E-state index contributed by atoms with van der Waals surface area (Å²) in [5.74, 6) is -0.514. The Hall–Kier alpha value is -1.10. The molecule has 0 unspecified atom stereocenters. The molecule has 0 saturated carbocycles. The lowest BCUT2D eigenvalue weighted by Gasteiger charge is -2.14. The molecule has 150 valence electrons. The van der Waals surface area contributed by atoms with Gasteiger partial charge in [0.15, 0.2) is 5.96 Å². The van der Waals surface area contributed by atoms with Crippen LogP contribution in [0.1, 0.15) is 38.3 Å². The van der Waals surface area contributed by atoms with E-state index in [1.807, 2.05) is 20.8 Å². The van der Waals surface area contributed by atoms with Crippen molar-refractivity contribution in [2.45, 2.75) is 46.0 Å². The number of hydrogen-bond acceptors (Lipinski definition) is 2. The molecule has 26 heavy (non-hydrogen) atoms. The predicted octanol–water partition coefficient (Wildman–Crippen LogP) is 4.33. The van der Waals surface area contributed by atoms with E-state index in [1.165, 1.54) is 0 Å². The smallest absolute Gasteiger partial charge is 0.379 e. The van der Waals surface area contributed by atoms with Crippen LogP contribution >= 0.6 is 24.0 Å². The zero-order chi connectivity index (χ0) is 18.9. The highest BCUT2D eigenvalue weighted by molar-refractivity contribution is 14.0. The molecule has 0 amide bonds. The average molecular weight is 491 g/mol. The molecule has 1 aromatic rings. The molecule has 9 heteroatoms. The number of benzene rings is 1. The molecule has 0 fully saturated rings. The maximum Gasteiger partial charge on any atom is 0.416 e. The number of nitrogens with zero attached hydrogens (tertiary/aromatic N) is 1. The predicted molar refractivity (Wildman–Crippen MR) is 105 cm³/mol.